The Kier molecular flexibility index (Phi) is 3.37. The summed E-state index contributed by atoms with van der Waals surface area (Å²) >= 11 is 0. The molecule has 104 valence electrons. The van der Waals surface area contributed by atoms with Gasteiger partial charge >= 0.3 is 0 Å². The van der Waals surface area contributed by atoms with Crippen LogP contribution in [0.3, 0.4) is 0 Å². The predicted octanol–water partition coefficient (Wildman–Crippen LogP) is 3.82. The zero-order valence-corrected chi connectivity index (χ0v) is 12.2. The molecular formula is C18H17N3. The van der Waals surface area contributed by atoms with Crippen LogP contribution in [0.2, 0.25) is 0 Å². The van der Waals surface area contributed by atoms with Crippen LogP contribution >= 0.6 is 0 Å². The predicted molar refractivity (Wildman–Crippen MR) is 85.3 cm³/mol. The zero-order chi connectivity index (χ0) is 14.8. The van der Waals surface area contributed by atoms with Crippen molar-refractivity contribution in [2.24, 2.45) is 0 Å². The average Bonchev–Trinajstić information content (AvgIpc) is 2.84. The number of allylic oxidation sites excluding steroid dienone is 1. The highest BCUT2D eigenvalue weighted by atomic mass is 15.4. The Morgan fingerprint density at radius 2 is 1.71 bits per heavy atom. The van der Waals surface area contributed by atoms with Crippen molar-refractivity contribution in [2.45, 2.75) is 13.1 Å². The SMILES string of the molecule is C[C@H]1N(C)C(C#N)=CN1c1cccc(-c2ccccc2)c1. The van der Waals surface area contributed by atoms with Crippen LogP contribution in [0.15, 0.2) is 66.5 Å². The van der Waals surface area contributed by atoms with Gasteiger partial charge < -0.3 is 9.80 Å². The van der Waals surface area contributed by atoms with Gasteiger partial charge in [-0.25, -0.2) is 0 Å². The van der Waals surface area contributed by atoms with E-state index in [9.17, 15) is 0 Å². The summed E-state index contributed by atoms with van der Waals surface area (Å²) in [7, 11) is 1.95. The molecule has 3 rings (SSSR count). The van der Waals surface area contributed by atoms with E-state index in [1.807, 2.05) is 36.3 Å². The molecule has 0 aromatic heterocycles. The zero-order valence-electron chi connectivity index (χ0n) is 12.2. The summed E-state index contributed by atoms with van der Waals surface area (Å²) in [5.74, 6) is 0. The highest BCUT2D eigenvalue weighted by Crippen LogP contribution is 2.30. The Morgan fingerprint density at radius 1 is 1.00 bits per heavy atom. The van der Waals surface area contributed by atoms with Crippen LogP contribution in [-0.2, 0) is 0 Å². The third-order valence-electron chi connectivity index (χ3n) is 3.97. The van der Waals surface area contributed by atoms with Gasteiger partial charge in [-0.3, -0.25) is 0 Å². The number of nitriles is 1. The molecular weight excluding hydrogens is 258 g/mol. The molecule has 1 aliphatic heterocycles. The molecule has 0 saturated heterocycles. The number of rotatable bonds is 2. The first-order valence-electron chi connectivity index (χ1n) is 6.99. The smallest absolute Gasteiger partial charge is 0.134 e. The van der Waals surface area contributed by atoms with Crippen LogP contribution in [0.25, 0.3) is 11.1 Å². The summed E-state index contributed by atoms with van der Waals surface area (Å²) in [6.45, 7) is 2.09. The van der Waals surface area contributed by atoms with Crippen molar-refractivity contribution in [1.29, 1.82) is 5.26 Å². The summed E-state index contributed by atoms with van der Waals surface area (Å²) in [5, 5.41) is 9.16. The molecule has 1 heterocycles. The van der Waals surface area contributed by atoms with Gasteiger partial charge in [-0.1, -0.05) is 42.5 Å². The molecule has 0 fully saturated rings. The monoisotopic (exact) mass is 275 g/mol. The molecule has 0 saturated carbocycles. The maximum atomic E-state index is 9.16. The van der Waals surface area contributed by atoms with E-state index < -0.39 is 0 Å². The summed E-state index contributed by atoms with van der Waals surface area (Å²) in [4.78, 5) is 4.11. The quantitative estimate of drug-likeness (QED) is 0.834. The summed E-state index contributed by atoms with van der Waals surface area (Å²) < 4.78 is 0. The van der Waals surface area contributed by atoms with Crippen molar-refractivity contribution < 1.29 is 0 Å². The first kappa shape index (κ1) is 13.3. The van der Waals surface area contributed by atoms with Crippen molar-refractivity contribution in [3.05, 3.63) is 66.5 Å². The molecule has 0 bridgehead atoms. The molecule has 21 heavy (non-hydrogen) atoms. The van der Waals surface area contributed by atoms with Gasteiger partial charge in [-0.15, -0.1) is 0 Å². The lowest BCUT2D eigenvalue weighted by molar-refractivity contribution is 0.367. The third-order valence-corrected chi connectivity index (χ3v) is 3.97. The fourth-order valence-electron chi connectivity index (χ4n) is 2.59. The van der Waals surface area contributed by atoms with Crippen molar-refractivity contribution >= 4 is 5.69 Å². The Hall–Kier alpha value is -2.73. The van der Waals surface area contributed by atoms with Crippen LogP contribution in [0, 0.1) is 11.3 Å². The minimum absolute atomic E-state index is 0.144. The summed E-state index contributed by atoms with van der Waals surface area (Å²) in [6.07, 6.45) is 2.06. The van der Waals surface area contributed by atoms with E-state index in [-0.39, 0.29) is 6.17 Å². The number of hydrogen-bond donors (Lipinski definition) is 0. The van der Waals surface area contributed by atoms with E-state index >= 15 is 0 Å². The van der Waals surface area contributed by atoms with Crippen molar-refractivity contribution in [2.75, 3.05) is 11.9 Å². The van der Waals surface area contributed by atoms with Gasteiger partial charge in [0.05, 0.1) is 0 Å². The lowest BCUT2D eigenvalue weighted by Gasteiger charge is -2.27. The summed E-state index contributed by atoms with van der Waals surface area (Å²) in [5.41, 5.74) is 4.17. The fourth-order valence-corrected chi connectivity index (χ4v) is 2.59. The van der Waals surface area contributed by atoms with Gasteiger partial charge in [0, 0.05) is 18.9 Å². The van der Waals surface area contributed by atoms with E-state index in [2.05, 4.69) is 54.3 Å². The number of anilines is 1. The average molecular weight is 275 g/mol. The number of benzene rings is 2. The Balaban J connectivity index is 1.98. The van der Waals surface area contributed by atoms with Crippen LogP contribution in [0.1, 0.15) is 6.92 Å². The molecule has 0 radical (unpaired) electrons. The van der Waals surface area contributed by atoms with Crippen LogP contribution in [0.5, 0.6) is 0 Å². The highest BCUT2D eigenvalue weighted by Gasteiger charge is 2.26. The minimum atomic E-state index is 0.144. The molecule has 0 aliphatic carbocycles. The van der Waals surface area contributed by atoms with Crippen LogP contribution < -0.4 is 4.90 Å². The van der Waals surface area contributed by atoms with E-state index in [0.29, 0.717) is 5.70 Å². The summed E-state index contributed by atoms with van der Waals surface area (Å²) in [6, 6.07) is 21.0. The molecule has 0 amide bonds. The maximum absolute atomic E-state index is 9.16. The molecule has 2 aromatic rings. The van der Waals surface area contributed by atoms with Gasteiger partial charge in [-0.2, -0.15) is 5.26 Å². The topological polar surface area (TPSA) is 30.3 Å². The molecule has 2 aromatic carbocycles. The molecule has 1 atom stereocenters. The highest BCUT2D eigenvalue weighted by molar-refractivity contribution is 5.69. The first-order chi connectivity index (χ1) is 10.2. The van der Waals surface area contributed by atoms with Gasteiger partial charge in [0.25, 0.3) is 0 Å². The molecule has 1 aliphatic rings. The lowest BCUT2D eigenvalue weighted by atomic mass is 10.0. The fraction of sp³-hybridized carbons (Fsp3) is 0.167. The lowest BCUT2D eigenvalue weighted by Crippen LogP contribution is -2.34. The molecule has 0 spiro atoms. The Bertz CT molecular complexity index is 713. The second-order valence-electron chi connectivity index (χ2n) is 5.19. The Labute approximate surface area is 125 Å². The van der Waals surface area contributed by atoms with Gasteiger partial charge in [0.1, 0.15) is 17.9 Å². The molecule has 0 unspecified atom stereocenters. The van der Waals surface area contributed by atoms with Gasteiger partial charge in [0.15, 0.2) is 0 Å². The van der Waals surface area contributed by atoms with E-state index in [4.69, 9.17) is 5.26 Å². The van der Waals surface area contributed by atoms with E-state index in [1.165, 1.54) is 11.1 Å². The molecule has 3 nitrogen and oxygen atoms in total. The largest absolute Gasteiger partial charge is 0.344 e. The van der Waals surface area contributed by atoms with Crippen molar-refractivity contribution in [3.8, 4) is 17.2 Å². The van der Waals surface area contributed by atoms with Crippen molar-refractivity contribution in [1.82, 2.24) is 4.90 Å². The van der Waals surface area contributed by atoms with Gasteiger partial charge in [0.2, 0.25) is 0 Å². The Morgan fingerprint density at radius 3 is 2.38 bits per heavy atom. The number of hydrogen-bond acceptors (Lipinski definition) is 3. The van der Waals surface area contributed by atoms with Gasteiger partial charge in [-0.05, 0) is 30.2 Å². The van der Waals surface area contributed by atoms with Crippen LogP contribution in [0.4, 0.5) is 5.69 Å². The van der Waals surface area contributed by atoms with E-state index in [1.54, 1.807) is 0 Å². The van der Waals surface area contributed by atoms with Crippen molar-refractivity contribution in [3.63, 3.8) is 0 Å². The minimum Gasteiger partial charge on any atom is -0.344 e. The number of nitrogens with zero attached hydrogens (tertiary/aromatic N) is 3. The normalized spacial score (nSPS) is 17.6. The molecule has 0 N–H and O–H groups in total. The third kappa shape index (κ3) is 2.36. The van der Waals surface area contributed by atoms with E-state index in [0.717, 1.165) is 5.69 Å². The second kappa shape index (κ2) is 5.34. The standard InChI is InChI=1S/C18H17N3/c1-14-20(2)18(12-19)13-21(14)17-10-6-9-16(11-17)15-7-4-3-5-8-15/h3-11,13-14H,1-2H3/t14-/m0/s1. The van der Waals surface area contributed by atoms with Crippen LogP contribution in [-0.4, -0.2) is 18.1 Å². The maximum Gasteiger partial charge on any atom is 0.134 e. The first-order valence-corrected chi connectivity index (χ1v) is 6.99. The molecule has 3 heteroatoms. The second-order valence-corrected chi connectivity index (χ2v) is 5.19.